The van der Waals surface area contributed by atoms with Crippen molar-refractivity contribution in [2.75, 3.05) is 6.61 Å². The molecule has 0 bridgehead atoms. The first-order valence-corrected chi connectivity index (χ1v) is 3.86. The van der Waals surface area contributed by atoms with Crippen LogP contribution in [0, 0.1) is 0 Å². The van der Waals surface area contributed by atoms with Crippen LogP contribution >= 0.6 is 0 Å². The molecular formula is C10H12O2. The summed E-state index contributed by atoms with van der Waals surface area (Å²) in [5.41, 5.74) is 0.652. The molecule has 0 aliphatic rings. The Balaban J connectivity index is 3.09. The summed E-state index contributed by atoms with van der Waals surface area (Å²) in [6.45, 7) is 6.08. The number of phenolic OH excluding ortho intramolecular Hbond substituents is 1. The number of phenols is 1. The molecule has 1 aromatic carbocycles. The predicted molar refractivity (Wildman–Crippen MR) is 49.4 cm³/mol. The fourth-order valence-electron chi connectivity index (χ4n) is 1.02. The summed E-state index contributed by atoms with van der Waals surface area (Å²) in [4.78, 5) is 0. The molecule has 0 fully saturated rings. The van der Waals surface area contributed by atoms with Gasteiger partial charge in [0.2, 0.25) is 0 Å². The highest BCUT2D eigenvalue weighted by molar-refractivity contribution is 5.62. The highest BCUT2D eigenvalue weighted by Crippen LogP contribution is 2.28. The van der Waals surface area contributed by atoms with Gasteiger partial charge in [-0.2, -0.15) is 0 Å². The first-order chi connectivity index (χ1) is 5.79. The third-order valence-electron chi connectivity index (χ3n) is 1.55. The second-order valence-electron chi connectivity index (χ2n) is 2.33. The summed E-state index contributed by atoms with van der Waals surface area (Å²) >= 11 is 0. The van der Waals surface area contributed by atoms with Crippen molar-refractivity contribution in [1.82, 2.24) is 0 Å². The van der Waals surface area contributed by atoms with Crippen LogP contribution in [-0.4, -0.2) is 11.7 Å². The number of hydrogen-bond acceptors (Lipinski definition) is 2. The molecule has 0 atom stereocenters. The molecule has 64 valence electrons. The van der Waals surface area contributed by atoms with Gasteiger partial charge in [0.05, 0.1) is 12.2 Å². The molecule has 2 heteroatoms. The van der Waals surface area contributed by atoms with Crippen molar-refractivity contribution < 1.29 is 9.84 Å². The molecule has 0 radical (unpaired) electrons. The van der Waals surface area contributed by atoms with E-state index in [0.717, 1.165) is 0 Å². The molecule has 0 saturated carbocycles. The van der Waals surface area contributed by atoms with Crippen molar-refractivity contribution in [1.29, 1.82) is 0 Å². The number of benzene rings is 1. The Labute approximate surface area is 72.1 Å². The summed E-state index contributed by atoms with van der Waals surface area (Å²) in [5, 5.41) is 9.37. The van der Waals surface area contributed by atoms with E-state index in [2.05, 4.69) is 6.58 Å². The molecule has 0 aliphatic heterocycles. The first kappa shape index (κ1) is 8.65. The average Bonchev–Trinajstić information content (AvgIpc) is 2.05. The van der Waals surface area contributed by atoms with E-state index in [4.69, 9.17) is 4.74 Å². The molecule has 0 unspecified atom stereocenters. The Kier molecular flexibility index (Phi) is 2.75. The number of rotatable bonds is 3. The van der Waals surface area contributed by atoms with E-state index < -0.39 is 0 Å². The van der Waals surface area contributed by atoms with Gasteiger partial charge in [-0.1, -0.05) is 18.7 Å². The highest BCUT2D eigenvalue weighted by Gasteiger charge is 2.03. The van der Waals surface area contributed by atoms with E-state index >= 15 is 0 Å². The maximum absolute atomic E-state index is 9.37. The lowest BCUT2D eigenvalue weighted by Gasteiger charge is -2.07. The molecule has 1 N–H and O–H groups in total. The quantitative estimate of drug-likeness (QED) is 0.743. The standard InChI is InChI=1S/C10H12O2/c1-3-8-9(11)6-5-7-10(8)12-4-2/h3,5-7,11H,1,4H2,2H3. The molecule has 0 aliphatic carbocycles. The summed E-state index contributed by atoms with van der Waals surface area (Å²) in [7, 11) is 0. The third-order valence-corrected chi connectivity index (χ3v) is 1.55. The number of ether oxygens (including phenoxy) is 1. The molecule has 1 rings (SSSR count). The van der Waals surface area contributed by atoms with Gasteiger partial charge in [0.25, 0.3) is 0 Å². The minimum Gasteiger partial charge on any atom is -0.507 e. The van der Waals surface area contributed by atoms with E-state index in [0.29, 0.717) is 17.9 Å². The monoisotopic (exact) mass is 164 g/mol. The van der Waals surface area contributed by atoms with Crippen LogP contribution in [0.4, 0.5) is 0 Å². The number of aromatic hydroxyl groups is 1. The van der Waals surface area contributed by atoms with E-state index in [1.807, 2.05) is 6.92 Å². The van der Waals surface area contributed by atoms with Gasteiger partial charge in [-0.3, -0.25) is 0 Å². The molecule has 0 saturated heterocycles. The summed E-state index contributed by atoms with van der Waals surface area (Å²) < 4.78 is 5.28. The minimum atomic E-state index is 0.205. The molecule has 12 heavy (non-hydrogen) atoms. The van der Waals surface area contributed by atoms with Gasteiger partial charge in [0.1, 0.15) is 11.5 Å². The van der Waals surface area contributed by atoms with Gasteiger partial charge in [0.15, 0.2) is 0 Å². The summed E-state index contributed by atoms with van der Waals surface area (Å²) in [6, 6.07) is 5.16. The van der Waals surface area contributed by atoms with Crippen molar-refractivity contribution in [2.24, 2.45) is 0 Å². The molecule has 2 nitrogen and oxygen atoms in total. The smallest absolute Gasteiger partial charge is 0.130 e. The second-order valence-corrected chi connectivity index (χ2v) is 2.33. The van der Waals surface area contributed by atoms with E-state index in [-0.39, 0.29) is 5.75 Å². The van der Waals surface area contributed by atoms with Crippen LogP contribution in [0.15, 0.2) is 24.8 Å². The summed E-state index contributed by atoms with van der Waals surface area (Å²) in [5.74, 6) is 0.878. The van der Waals surface area contributed by atoms with Gasteiger partial charge in [-0.05, 0) is 19.1 Å². The van der Waals surface area contributed by atoms with E-state index in [1.165, 1.54) is 0 Å². The molecule has 0 heterocycles. The van der Waals surface area contributed by atoms with Gasteiger partial charge in [-0.15, -0.1) is 0 Å². The first-order valence-electron chi connectivity index (χ1n) is 3.86. The Morgan fingerprint density at radius 1 is 1.58 bits per heavy atom. The minimum absolute atomic E-state index is 0.205. The summed E-state index contributed by atoms with van der Waals surface area (Å²) in [6.07, 6.45) is 1.58. The molecule has 1 aromatic rings. The van der Waals surface area contributed by atoms with Crippen molar-refractivity contribution in [3.8, 4) is 11.5 Å². The van der Waals surface area contributed by atoms with Crippen molar-refractivity contribution in [3.05, 3.63) is 30.3 Å². The maximum atomic E-state index is 9.37. The Bertz CT molecular complexity index is 279. The predicted octanol–water partition coefficient (Wildman–Crippen LogP) is 2.43. The van der Waals surface area contributed by atoms with E-state index in [1.54, 1.807) is 24.3 Å². The fraction of sp³-hybridized carbons (Fsp3) is 0.200. The lowest BCUT2D eigenvalue weighted by molar-refractivity contribution is 0.337. The Morgan fingerprint density at radius 3 is 2.92 bits per heavy atom. The lowest BCUT2D eigenvalue weighted by atomic mass is 10.2. The topological polar surface area (TPSA) is 29.5 Å². The molecular weight excluding hydrogens is 152 g/mol. The number of hydrogen-bond donors (Lipinski definition) is 1. The normalized spacial score (nSPS) is 9.42. The van der Waals surface area contributed by atoms with Crippen LogP contribution in [0.5, 0.6) is 11.5 Å². The van der Waals surface area contributed by atoms with Crippen LogP contribution in [0.3, 0.4) is 0 Å². The van der Waals surface area contributed by atoms with Crippen LogP contribution in [0.2, 0.25) is 0 Å². The average molecular weight is 164 g/mol. The zero-order chi connectivity index (χ0) is 8.97. The second kappa shape index (κ2) is 3.81. The van der Waals surface area contributed by atoms with Gasteiger partial charge >= 0.3 is 0 Å². The van der Waals surface area contributed by atoms with Gasteiger partial charge in [0, 0.05) is 0 Å². The Morgan fingerprint density at radius 2 is 2.33 bits per heavy atom. The van der Waals surface area contributed by atoms with Crippen LogP contribution in [-0.2, 0) is 0 Å². The molecule has 0 spiro atoms. The van der Waals surface area contributed by atoms with Crippen molar-refractivity contribution in [3.63, 3.8) is 0 Å². The van der Waals surface area contributed by atoms with Crippen LogP contribution in [0.1, 0.15) is 12.5 Å². The van der Waals surface area contributed by atoms with Crippen molar-refractivity contribution in [2.45, 2.75) is 6.92 Å². The van der Waals surface area contributed by atoms with Gasteiger partial charge in [-0.25, -0.2) is 0 Å². The van der Waals surface area contributed by atoms with Crippen molar-refractivity contribution >= 4 is 6.08 Å². The lowest BCUT2D eigenvalue weighted by Crippen LogP contribution is -1.93. The van der Waals surface area contributed by atoms with Crippen LogP contribution < -0.4 is 4.74 Å². The zero-order valence-electron chi connectivity index (χ0n) is 7.08. The van der Waals surface area contributed by atoms with Gasteiger partial charge < -0.3 is 9.84 Å². The third kappa shape index (κ3) is 1.59. The molecule has 0 amide bonds. The molecule has 0 aromatic heterocycles. The fourth-order valence-corrected chi connectivity index (χ4v) is 1.02. The largest absolute Gasteiger partial charge is 0.507 e. The maximum Gasteiger partial charge on any atom is 0.130 e. The van der Waals surface area contributed by atoms with E-state index in [9.17, 15) is 5.11 Å². The zero-order valence-corrected chi connectivity index (χ0v) is 7.08. The Hall–Kier alpha value is -1.44. The van der Waals surface area contributed by atoms with Crippen LogP contribution in [0.25, 0.3) is 6.08 Å². The highest BCUT2D eigenvalue weighted by atomic mass is 16.5. The SMILES string of the molecule is C=Cc1c(O)cccc1OCC.